The third-order valence-corrected chi connectivity index (χ3v) is 4.14. The van der Waals surface area contributed by atoms with Gasteiger partial charge in [-0.3, -0.25) is 9.59 Å². The van der Waals surface area contributed by atoms with Gasteiger partial charge in [-0.15, -0.1) is 0 Å². The molecule has 25 heavy (non-hydrogen) atoms. The number of carbonyl (C=O) groups is 2. The van der Waals surface area contributed by atoms with Crippen LogP contribution in [0.2, 0.25) is 0 Å². The molecular formula is C16H19F2NO6. The SMILES string of the molecule is COc1cccc(C(=O)NCC2(C(=O)O)CCOCC2)c1OC(F)F. The normalized spacial score (nSPS) is 16.3. The zero-order chi connectivity index (χ0) is 18.4. The molecule has 0 bridgehead atoms. The molecule has 1 amide bonds. The number of rotatable bonds is 7. The molecule has 1 fully saturated rings. The van der Waals surface area contributed by atoms with Gasteiger partial charge in [0.25, 0.3) is 5.91 Å². The molecule has 1 aliphatic heterocycles. The van der Waals surface area contributed by atoms with Gasteiger partial charge in [0.15, 0.2) is 11.5 Å². The highest BCUT2D eigenvalue weighted by atomic mass is 19.3. The van der Waals surface area contributed by atoms with E-state index in [9.17, 15) is 23.5 Å². The van der Waals surface area contributed by atoms with E-state index in [0.29, 0.717) is 0 Å². The standard InChI is InChI=1S/C16H19F2NO6/c1-23-11-4-2-3-10(12(11)25-15(17)18)13(20)19-9-16(14(21)22)5-7-24-8-6-16/h2-4,15H,5-9H2,1H3,(H,19,20)(H,21,22). The van der Waals surface area contributed by atoms with Crippen LogP contribution in [0.5, 0.6) is 11.5 Å². The van der Waals surface area contributed by atoms with E-state index >= 15 is 0 Å². The quantitative estimate of drug-likeness (QED) is 0.772. The Hall–Kier alpha value is -2.42. The Morgan fingerprint density at radius 3 is 2.60 bits per heavy atom. The molecule has 0 unspecified atom stereocenters. The van der Waals surface area contributed by atoms with Gasteiger partial charge < -0.3 is 24.6 Å². The molecule has 138 valence electrons. The zero-order valence-corrected chi connectivity index (χ0v) is 13.6. The van der Waals surface area contributed by atoms with Gasteiger partial charge in [-0.1, -0.05) is 6.07 Å². The minimum atomic E-state index is -3.14. The van der Waals surface area contributed by atoms with Gasteiger partial charge in [0.2, 0.25) is 0 Å². The van der Waals surface area contributed by atoms with E-state index in [-0.39, 0.29) is 43.9 Å². The Morgan fingerprint density at radius 1 is 1.36 bits per heavy atom. The Morgan fingerprint density at radius 2 is 2.04 bits per heavy atom. The first-order valence-electron chi connectivity index (χ1n) is 7.61. The second kappa shape index (κ2) is 8.11. The number of carboxylic acids is 1. The van der Waals surface area contributed by atoms with Gasteiger partial charge in [0.1, 0.15) is 0 Å². The molecular weight excluding hydrogens is 340 g/mol. The number of carboxylic acid groups (broad SMARTS) is 1. The van der Waals surface area contributed by atoms with Crippen molar-refractivity contribution in [3.63, 3.8) is 0 Å². The number of hydrogen-bond donors (Lipinski definition) is 2. The van der Waals surface area contributed by atoms with Gasteiger partial charge in [0, 0.05) is 19.8 Å². The van der Waals surface area contributed by atoms with Crippen LogP contribution in [0.1, 0.15) is 23.2 Å². The third-order valence-electron chi connectivity index (χ3n) is 4.14. The number of para-hydroxylation sites is 1. The van der Waals surface area contributed by atoms with Gasteiger partial charge in [-0.25, -0.2) is 0 Å². The van der Waals surface area contributed by atoms with E-state index in [4.69, 9.17) is 9.47 Å². The smallest absolute Gasteiger partial charge is 0.387 e. The van der Waals surface area contributed by atoms with Crippen molar-refractivity contribution in [1.82, 2.24) is 5.32 Å². The molecule has 1 aromatic rings. The molecule has 0 spiro atoms. The van der Waals surface area contributed by atoms with Gasteiger partial charge >= 0.3 is 12.6 Å². The van der Waals surface area contributed by atoms with Crippen molar-refractivity contribution in [1.29, 1.82) is 0 Å². The van der Waals surface area contributed by atoms with E-state index in [0.717, 1.165) is 0 Å². The lowest BCUT2D eigenvalue weighted by molar-refractivity contribution is -0.154. The van der Waals surface area contributed by atoms with Crippen LogP contribution in [-0.2, 0) is 9.53 Å². The fraction of sp³-hybridized carbons (Fsp3) is 0.500. The van der Waals surface area contributed by atoms with E-state index < -0.39 is 29.7 Å². The first-order valence-corrected chi connectivity index (χ1v) is 7.61. The van der Waals surface area contributed by atoms with Crippen molar-refractivity contribution >= 4 is 11.9 Å². The maximum atomic E-state index is 12.6. The molecule has 0 aliphatic carbocycles. The van der Waals surface area contributed by atoms with Gasteiger partial charge in [-0.05, 0) is 25.0 Å². The van der Waals surface area contributed by atoms with Gasteiger partial charge in [0.05, 0.1) is 18.1 Å². The number of nitrogens with one attached hydrogen (secondary N) is 1. The van der Waals surface area contributed by atoms with Crippen LogP contribution in [0.4, 0.5) is 8.78 Å². The molecule has 2 N–H and O–H groups in total. The fourth-order valence-corrected chi connectivity index (χ4v) is 2.64. The molecule has 1 heterocycles. The Labute approximate surface area is 142 Å². The summed E-state index contributed by atoms with van der Waals surface area (Å²) in [6.45, 7) is -2.72. The predicted octanol–water partition coefficient (Wildman–Crippen LogP) is 1.91. The summed E-state index contributed by atoms with van der Waals surface area (Å²) in [4.78, 5) is 24.0. The molecule has 1 aromatic carbocycles. The number of benzene rings is 1. The zero-order valence-electron chi connectivity index (χ0n) is 13.6. The predicted molar refractivity (Wildman–Crippen MR) is 82.1 cm³/mol. The van der Waals surface area contributed by atoms with E-state index in [1.165, 1.54) is 25.3 Å². The summed E-state index contributed by atoms with van der Waals surface area (Å²) in [5, 5.41) is 12.0. The topological polar surface area (TPSA) is 94.1 Å². The maximum absolute atomic E-state index is 12.6. The van der Waals surface area contributed by atoms with Crippen LogP contribution in [0.3, 0.4) is 0 Å². The van der Waals surface area contributed by atoms with Crippen molar-refractivity contribution in [2.75, 3.05) is 26.9 Å². The second-order valence-corrected chi connectivity index (χ2v) is 5.60. The number of amides is 1. The highest BCUT2D eigenvalue weighted by molar-refractivity contribution is 5.98. The molecule has 9 heteroatoms. The molecule has 0 saturated carbocycles. The second-order valence-electron chi connectivity index (χ2n) is 5.60. The lowest BCUT2D eigenvalue weighted by Gasteiger charge is -2.33. The van der Waals surface area contributed by atoms with Crippen LogP contribution in [0.25, 0.3) is 0 Å². The van der Waals surface area contributed by atoms with Gasteiger partial charge in [-0.2, -0.15) is 8.78 Å². The van der Waals surface area contributed by atoms with E-state index in [1.54, 1.807) is 0 Å². The monoisotopic (exact) mass is 359 g/mol. The molecule has 1 saturated heterocycles. The van der Waals surface area contributed by atoms with E-state index in [2.05, 4.69) is 10.1 Å². The summed E-state index contributed by atoms with van der Waals surface area (Å²) in [6.07, 6.45) is 0.502. The Kier molecular flexibility index (Phi) is 6.13. The molecule has 0 aromatic heterocycles. The highest BCUT2D eigenvalue weighted by Crippen LogP contribution is 2.33. The average Bonchev–Trinajstić information content (AvgIpc) is 2.60. The largest absolute Gasteiger partial charge is 0.493 e. The number of carbonyl (C=O) groups excluding carboxylic acids is 1. The minimum absolute atomic E-state index is 0.0213. The van der Waals surface area contributed by atoms with Crippen LogP contribution in [0.15, 0.2) is 18.2 Å². The van der Waals surface area contributed by atoms with Crippen molar-refractivity contribution in [2.45, 2.75) is 19.5 Å². The van der Waals surface area contributed by atoms with Crippen molar-refractivity contribution in [2.24, 2.45) is 5.41 Å². The average molecular weight is 359 g/mol. The summed E-state index contributed by atoms with van der Waals surface area (Å²) in [5.41, 5.74) is -1.30. The van der Waals surface area contributed by atoms with Crippen LogP contribution in [0, 0.1) is 5.41 Å². The van der Waals surface area contributed by atoms with Crippen LogP contribution in [-0.4, -0.2) is 50.5 Å². The number of ether oxygens (including phenoxy) is 3. The first-order chi connectivity index (χ1) is 11.9. The summed E-state index contributed by atoms with van der Waals surface area (Å²) in [5.74, 6) is -2.17. The highest BCUT2D eigenvalue weighted by Gasteiger charge is 2.40. The van der Waals surface area contributed by atoms with Crippen molar-refractivity contribution in [3.8, 4) is 11.5 Å². The molecule has 0 radical (unpaired) electrons. The lowest BCUT2D eigenvalue weighted by Crippen LogP contribution is -2.46. The number of alkyl halides is 2. The number of methoxy groups -OCH3 is 1. The van der Waals surface area contributed by atoms with Crippen molar-refractivity contribution in [3.05, 3.63) is 23.8 Å². The maximum Gasteiger partial charge on any atom is 0.387 e. The number of halogens is 2. The fourth-order valence-electron chi connectivity index (χ4n) is 2.64. The summed E-state index contributed by atoms with van der Waals surface area (Å²) in [7, 11) is 1.26. The summed E-state index contributed by atoms with van der Waals surface area (Å²) in [6, 6.07) is 4.13. The molecule has 2 rings (SSSR count). The van der Waals surface area contributed by atoms with E-state index in [1.807, 2.05) is 0 Å². The molecule has 7 nitrogen and oxygen atoms in total. The van der Waals surface area contributed by atoms with Crippen LogP contribution >= 0.6 is 0 Å². The summed E-state index contributed by atoms with van der Waals surface area (Å²) >= 11 is 0. The molecule has 1 aliphatic rings. The van der Waals surface area contributed by atoms with Crippen molar-refractivity contribution < 1.29 is 37.7 Å². The Balaban J connectivity index is 2.18. The number of hydrogen-bond acceptors (Lipinski definition) is 5. The first kappa shape index (κ1) is 18.9. The minimum Gasteiger partial charge on any atom is -0.493 e. The van der Waals surface area contributed by atoms with Crippen LogP contribution < -0.4 is 14.8 Å². The Bertz CT molecular complexity index is 631. The number of aliphatic carboxylic acids is 1. The third kappa shape index (κ3) is 4.36. The summed E-state index contributed by atoms with van der Waals surface area (Å²) < 4.78 is 39.7. The lowest BCUT2D eigenvalue weighted by atomic mass is 9.80. The molecule has 0 atom stereocenters.